The molecule has 0 amide bonds. The van der Waals surface area contributed by atoms with Gasteiger partial charge < -0.3 is 24.3 Å². The van der Waals surface area contributed by atoms with E-state index in [1.807, 2.05) is 42.6 Å². The molecule has 1 aliphatic heterocycles. The zero-order valence-electron chi connectivity index (χ0n) is 16.9. The van der Waals surface area contributed by atoms with Crippen LogP contribution in [0.15, 0.2) is 54.7 Å². The Bertz CT molecular complexity index is 1030. The molecule has 1 fully saturated rings. The van der Waals surface area contributed by atoms with Crippen LogP contribution < -0.4 is 19.7 Å². The van der Waals surface area contributed by atoms with E-state index in [9.17, 15) is 0 Å². The van der Waals surface area contributed by atoms with Crippen molar-refractivity contribution >= 4 is 23.0 Å². The second-order valence-corrected chi connectivity index (χ2v) is 7.38. The molecule has 0 aliphatic carbocycles. The minimum absolute atomic E-state index is 0.0848. The first kappa shape index (κ1) is 19.3. The summed E-state index contributed by atoms with van der Waals surface area (Å²) in [6.45, 7) is 2.10. The molecule has 0 spiro atoms. The number of hydrogen-bond acceptors (Lipinski definition) is 4. The molecule has 1 aromatic carbocycles. The number of anilines is 1. The van der Waals surface area contributed by atoms with Gasteiger partial charge in [0.2, 0.25) is 0 Å². The van der Waals surface area contributed by atoms with Crippen molar-refractivity contribution in [1.29, 1.82) is 0 Å². The van der Waals surface area contributed by atoms with E-state index in [0.717, 1.165) is 22.8 Å². The molecule has 0 radical (unpaired) electrons. The van der Waals surface area contributed by atoms with E-state index in [0.29, 0.717) is 10.9 Å². The summed E-state index contributed by atoms with van der Waals surface area (Å²) in [6.07, 6.45) is 1.81. The number of benzene rings is 1. The molecule has 6 nitrogen and oxygen atoms in total. The Labute approximate surface area is 176 Å². The Hall–Kier alpha value is -3.06. The van der Waals surface area contributed by atoms with Gasteiger partial charge in [-0.05, 0) is 55.5 Å². The highest BCUT2D eigenvalue weighted by molar-refractivity contribution is 7.80. The lowest BCUT2D eigenvalue weighted by Gasteiger charge is -2.29. The molecule has 0 unspecified atom stereocenters. The molecule has 0 saturated carbocycles. The second kappa shape index (κ2) is 7.75. The average molecular weight is 409 g/mol. The minimum Gasteiger partial charge on any atom is -0.497 e. The molecule has 2 atom stereocenters. The number of ether oxygens (including phenoxy) is 2. The largest absolute Gasteiger partial charge is 0.497 e. The molecule has 29 heavy (non-hydrogen) atoms. The Kier molecular flexibility index (Phi) is 5.15. The van der Waals surface area contributed by atoms with Crippen LogP contribution in [0.4, 0.5) is 5.69 Å². The number of pyridine rings is 1. The Balaban J connectivity index is 1.88. The third kappa shape index (κ3) is 3.31. The number of nitrogens with zero attached hydrogens (tertiary/aromatic N) is 3. The van der Waals surface area contributed by atoms with Crippen LogP contribution in [-0.2, 0) is 7.05 Å². The quantitative estimate of drug-likeness (QED) is 0.646. The maximum absolute atomic E-state index is 5.79. The number of hydrogen-bond donors (Lipinski definition) is 1. The maximum atomic E-state index is 5.79. The highest BCUT2D eigenvalue weighted by atomic mass is 32.1. The molecule has 1 aliphatic rings. The van der Waals surface area contributed by atoms with Gasteiger partial charge in [0.05, 0.1) is 31.6 Å². The van der Waals surface area contributed by atoms with Gasteiger partial charge in [-0.2, -0.15) is 0 Å². The first-order chi connectivity index (χ1) is 14.0. The zero-order valence-corrected chi connectivity index (χ0v) is 17.7. The number of thiocarbonyl (C=S) groups is 1. The number of methoxy groups -OCH3 is 2. The summed E-state index contributed by atoms with van der Waals surface area (Å²) in [7, 11) is 5.37. The van der Waals surface area contributed by atoms with E-state index >= 15 is 0 Å². The van der Waals surface area contributed by atoms with Gasteiger partial charge in [-0.3, -0.25) is 4.98 Å². The van der Waals surface area contributed by atoms with Gasteiger partial charge in [0.25, 0.3) is 0 Å². The van der Waals surface area contributed by atoms with Gasteiger partial charge in [-0.1, -0.05) is 6.07 Å². The summed E-state index contributed by atoms with van der Waals surface area (Å²) in [5.74, 6) is 1.43. The molecular formula is C22H24N4O2S. The summed E-state index contributed by atoms with van der Waals surface area (Å²) in [4.78, 5) is 6.71. The van der Waals surface area contributed by atoms with Gasteiger partial charge >= 0.3 is 0 Å². The molecule has 0 bridgehead atoms. The topological polar surface area (TPSA) is 51.5 Å². The third-order valence-electron chi connectivity index (χ3n) is 5.46. The van der Waals surface area contributed by atoms with Crippen LogP contribution in [0, 0.1) is 6.92 Å². The zero-order chi connectivity index (χ0) is 20.5. The number of rotatable bonds is 5. The molecule has 1 saturated heterocycles. The van der Waals surface area contributed by atoms with Crippen LogP contribution in [0.5, 0.6) is 11.5 Å². The highest BCUT2D eigenvalue weighted by Crippen LogP contribution is 2.45. The van der Waals surface area contributed by atoms with Crippen molar-refractivity contribution in [3.05, 3.63) is 71.8 Å². The third-order valence-corrected chi connectivity index (χ3v) is 5.77. The van der Waals surface area contributed by atoms with Gasteiger partial charge in [0.1, 0.15) is 17.5 Å². The summed E-state index contributed by atoms with van der Waals surface area (Å²) < 4.78 is 13.2. The Morgan fingerprint density at radius 2 is 1.90 bits per heavy atom. The second-order valence-electron chi connectivity index (χ2n) is 6.99. The van der Waals surface area contributed by atoms with Crippen molar-refractivity contribution in [2.45, 2.75) is 19.0 Å². The number of nitrogens with one attached hydrogen (secondary N) is 1. The van der Waals surface area contributed by atoms with Crippen molar-refractivity contribution in [3.63, 3.8) is 0 Å². The van der Waals surface area contributed by atoms with Crippen LogP contribution in [0.25, 0.3) is 0 Å². The fourth-order valence-electron chi connectivity index (χ4n) is 3.83. The van der Waals surface area contributed by atoms with Gasteiger partial charge in [-0.25, -0.2) is 0 Å². The van der Waals surface area contributed by atoms with E-state index < -0.39 is 0 Å². The number of aryl methyl sites for hydroxylation is 1. The van der Waals surface area contributed by atoms with Crippen molar-refractivity contribution in [1.82, 2.24) is 14.9 Å². The van der Waals surface area contributed by atoms with Gasteiger partial charge in [0, 0.05) is 30.7 Å². The number of aromatic nitrogens is 2. The van der Waals surface area contributed by atoms with E-state index in [-0.39, 0.29) is 12.1 Å². The highest BCUT2D eigenvalue weighted by Gasteiger charge is 2.43. The van der Waals surface area contributed by atoms with Crippen molar-refractivity contribution in [3.8, 4) is 11.5 Å². The lowest BCUT2D eigenvalue weighted by atomic mass is 10.0. The van der Waals surface area contributed by atoms with Crippen LogP contribution >= 0.6 is 12.2 Å². The molecular weight excluding hydrogens is 384 g/mol. The monoisotopic (exact) mass is 408 g/mol. The Morgan fingerprint density at radius 3 is 2.52 bits per heavy atom. The molecule has 150 valence electrons. The summed E-state index contributed by atoms with van der Waals surface area (Å²) in [6, 6.07) is 15.8. The smallest absolute Gasteiger partial charge is 0.174 e. The standard InChI is InChI=1S/C22H24N4O2S/c1-14-8-10-18(25(14)2)21-20(16-7-5-6-12-23-16)24-22(29)26(21)17-11-9-15(27-3)13-19(17)28-4/h5-13,20-21H,1-4H3,(H,24,29)/t20-,21-/m1/s1. The predicted molar refractivity (Wildman–Crippen MR) is 118 cm³/mol. The average Bonchev–Trinajstić information content (AvgIpc) is 3.26. The van der Waals surface area contributed by atoms with E-state index in [1.165, 1.54) is 5.69 Å². The van der Waals surface area contributed by atoms with Gasteiger partial charge in [0.15, 0.2) is 5.11 Å². The molecule has 3 heterocycles. The fourth-order valence-corrected chi connectivity index (χ4v) is 4.17. The molecule has 7 heteroatoms. The van der Waals surface area contributed by atoms with Crippen molar-refractivity contribution in [2.75, 3.05) is 19.1 Å². The Morgan fingerprint density at radius 1 is 1.07 bits per heavy atom. The molecule has 4 rings (SSSR count). The van der Waals surface area contributed by atoms with Crippen molar-refractivity contribution < 1.29 is 9.47 Å². The summed E-state index contributed by atoms with van der Waals surface area (Å²) >= 11 is 5.79. The van der Waals surface area contributed by atoms with Crippen LogP contribution in [0.3, 0.4) is 0 Å². The van der Waals surface area contributed by atoms with Crippen molar-refractivity contribution in [2.24, 2.45) is 7.05 Å². The minimum atomic E-state index is -0.0940. The normalized spacial score (nSPS) is 18.6. The SMILES string of the molecule is COc1ccc(N2C(=S)N[C@H](c3ccccn3)[C@H]2c2ccc(C)n2C)c(OC)c1. The van der Waals surface area contributed by atoms with E-state index in [4.69, 9.17) is 21.7 Å². The van der Waals surface area contributed by atoms with Gasteiger partial charge in [-0.15, -0.1) is 0 Å². The van der Waals surface area contributed by atoms with E-state index in [2.05, 4.69) is 45.9 Å². The lowest BCUT2D eigenvalue weighted by molar-refractivity contribution is 0.394. The van der Waals surface area contributed by atoms with Crippen LogP contribution in [0.1, 0.15) is 29.2 Å². The molecule has 2 aromatic heterocycles. The van der Waals surface area contributed by atoms with E-state index in [1.54, 1.807) is 14.2 Å². The lowest BCUT2D eigenvalue weighted by Crippen LogP contribution is -2.30. The first-order valence-corrected chi connectivity index (χ1v) is 9.81. The predicted octanol–water partition coefficient (Wildman–Crippen LogP) is 3.92. The molecule has 1 N–H and O–H groups in total. The summed E-state index contributed by atoms with van der Waals surface area (Å²) in [5, 5.41) is 4.11. The first-order valence-electron chi connectivity index (χ1n) is 9.40. The van der Waals surface area contributed by atoms with Crippen LogP contribution in [0.2, 0.25) is 0 Å². The molecule has 3 aromatic rings. The maximum Gasteiger partial charge on any atom is 0.174 e. The summed E-state index contributed by atoms with van der Waals surface area (Å²) in [5.41, 5.74) is 4.14. The van der Waals surface area contributed by atoms with Crippen LogP contribution in [-0.4, -0.2) is 28.9 Å². The fraction of sp³-hybridized carbons (Fsp3) is 0.273.